The number of rotatable bonds is 5. The topological polar surface area (TPSA) is 49.6 Å². The fourth-order valence-electron chi connectivity index (χ4n) is 2.21. The highest BCUT2D eigenvalue weighted by Crippen LogP contribution is 2.13. The molecule has 4 heteroatoms. The minimum absolute atomic E-state index is 0.150. The highest BCUT2D eigenvalue weighted by molar-refractivity contribution is 5.78. The molecule has 100 valence electrons. The van der Waals surface area contributed by atoms with E-state index in [2.05, 4.69) is 11.9 Å². The summed E-state index contributed by atoms with van der Waals surface area (Å²) >= 11 is 0. The Kier molecular flexibility index (Phi) is 5.92. The molecule has 1 saturated heterocycles. The van der Waals surface area contributed by atoms with Gasteiger partial charge in [-0.3, -0.25) is 4.79 Å². The van der Waals surface area contributed by atoms with Crippen LogP contribution in [0.25, 0.3) is 0 Å². The molecule has 1 heterocycles. The number of hydrogen-bond donors (Lipinski definition) is 1. The van der Waals surface area contributed by atoms with E-state index < -0.39 is 0 Å². The van der Waals surface area contributed by atoms with Crippen molar-refractivity contribution < 1.29 is 4.79 Å². The molecular formula is C13H27N3O. The number of hydrogen-bond acceptors (Lipinski definition) is 3. The SMILES string of the molecule is CC(N)CCCC(C)C(=O)N1CCN(C)CC1. The molecule has 0 bridgehead atoms. The van der Waals surface area contributed by atoms with Crippen LogP contribution in [0.4, 0.5) is 0 Å². The van der Waals surface area contributed by atoms with Crippen LogP contribution >= 0.6 is 0 Å². The van der Waals surface area contributed by atoms with Gasteiger partial charge in [0.25, 0.3) is 0 Å². The van der Waals surface area contributed by atoms with E-state index in [0.717, 1.165) is 45.4 Å². The van der Waals surface area contributed by atoms with Gasteiger partial charge in [0.15, 0.2) is 0 Å². The molecule has 0 aliphatic carbocycles. The minimum Gasteiger partial charge on any atom is -0.340 e. The van der Waals surface area contributed by atoms with Gasteiger partial charge in [0.2, 0.25) is 5.91 Å². The molecule has 1 fully saturated rings. The van der Waals surface area contributed by atoms with Gasteiger partial charge in [-0.1, -0.05) is 13.3 Å². The summed E-state index contributed by atoms with van der Waals surface area (Å²) in [6.45, 7) is 7.82. The molecular weight excluding hydrogens is 214 g/mol. The molecule has 2 N–H and O–H groups in total. The zero-order chi connectivity index (χ0) is 12.8. The van der Waals surface area contributed by atoms with E-state index in [0.29, 0.717) is 5.91 Å². The summed E-state index contributed by atoms with van der Waals surface area (Å²) in [5, 5.41) is 0. The van der Waals surface area contributed by atoms with Gasteiger partial charge in [0, 0.05) is 38.1 Å². The fraction of sp³-hybridized carbons (Fsp3) is 0.923. The highest BCUT2D eigenvalue weighted by Gasteiger charge is 2.23. The van der Waals surface area contributed by atoms with Gasteiger partial charge in [-0.15, -0.1) is 0 Å². The standard InChI is InChI=1S/C13H27N3O/c1-11(5-4-6-12(2)14)13(17)16-9-7-15(3)8-10-16/h11-12H,4-10,14H2,1-3H3. The first-order valence-electron chi connectivity index (χ1n) is 6.73. The van der Waals surface area contributed by atoms with Crippen LogP contribution in [0.5, 0.6) is 0 Å². The number of amides is 1. The molecule has 2 atom stereocenters. The Morgan fingerprint density at radius 3 is 2.29 bits per heavy atom. The maximum atomic E-state index is 12.2. The highest BCUT2D eigenvalue weighted by atomic mass is 16.2. The Morgan fingerprint density at radius 2 is 1.76 bits per heavy atom. The Bertz CT molecular complexity index is 235. The summed E-state index contributed by atoms with van der Waals surface area (Å²) in [4.78, 5) is 16.4. The van der Waals surface area contributed by atoms with E-state index in [9.17, 15) is 4.79 Å². The molecule has 0 radical (unpaired) electrons. The summed E-state index contributed by atoms with van der Waals surface area (Å²) < 4.78 is 0. The molecule has 4 nitrogen and oxygen atoms in total. The van der Waals surface area contributed by atoms with Gasteiger partial charge >= 0.3 is 0 Å². The first-order chi connectivity index (χ1) is 8.00. The lowest BCUT2D eigenvalue weighted by Gasteiger charge is -2.34. The molecule has 2 unspecified atom stereocenters. The van der Waals surface area contributed by atoms with Crippen LogP contribution in [0.3, 0.4) is 0 Å². The van der Waals surface area contributed by atoms with Crippen LogP contribution in [0, 0.1) is 5.92 Å². The first kappa shape index (κ1) is 14.5. The number of piperazine rings is 1. The molecule has 0 aromatic rings. The Hall–Kier alpha value is -0.610. The van der Waals surface area contributed by atoms with E-state index >= 15 is 0 Å². The molecule has 0 spiro atoms. The first-order valence-corrected chi connectivity index (χ1v) is 6.73. The Labute approximate surface area is 105 Å². The van der Waals surface area contributed by atoms with Crippen molar-refractivity contribution in [1.82, 2.24) is 9.80 Å². The van der Waals surface area contributed by atoms with Crippen molar-refractivity contribution >= 4 is 5.91 Å². The molecule has 0 aromatic carbocycles. The summed E-state index contributed by atoms with van der Waals surface area (Å²) in [5.74, 6) is 0.472. The van der Waals surface area contributed by atoms with Gasteiger partial charge in [0.05, 0.1) is 0 Å². The molecule has 1 amide bonds. The van der Waals surface area contributed by atoms with Crippen LogP contribution in [-0.4, -0.2) is 55.0 Å². The summed E-state index contributed by atoms with van der Waals surface area (Å²) in [7, 11) is 2.11. The van der Waals surface area contributed by atoms with E-state index in [-0.39, 0.29) is 12.0 Å². The monoisotopic (exact) mass is 241 g/mol. The molecule has 1 aliphatic heterocycles. The largest absolute Gasteiger partial charge is 0.340 e. The normalized spacial score (nSPS) is 21.3. The number of likely N-dealkylation sites (N-methyl/N-ethyl adjacent to an activating group) is 1. The van der Waals surface area contributed by atoms with Crippen molar-refractivity contribution in [3.05, 3.63) is 0 Å². The van der Waals surface area contributed by atoms with Crippen molar-refractivity contribution in [1.29, 1.82) is 0 Å². The zero-order valence-corrected chi connectivity index (χ0v) is 11.5. The fourth-order valence-corrected chi connectivity index (χ4v) is 2.21. The van der Waals surface area contributed by atoms with Crippen LogP contribution < -0.4 is 5.73 Å². The number of nitrogens with zero attached hydrogens (tertiary/aromatic N) is 2. The predicted octanol–water partition coefficient (Wildman–Crippen LogP) is 0.914. The van der Waals surface area contributed by atoms with Crippen molar-refractivity contribution in [3.63, 3.8) is 0 Å². The molecule has 17 heavy (non-hydrogen) atoms. The average Bonchev–Trinajstić information content (AvgIpc) is 2.28. The third-order valence-electron chi connectivity index (χ3n) is 3.53. The van der Waals surface area contributed by atoms with Crippen LogP contribution in [0.15, 0.2) is 0 Å². The quantitative estimate of drug-likeness (QED) is 0.778. The maximum Gasteiger partial charge on any atom is 0.225 e. The second kappa shape index (κ2) is 6.97. The van der Waals surface area contributed by atoms with E-state index in [1.807, 2.05) is 18.7 Å². The van der Waals surface area contributed by atoms with Crippen molar-refractivity contribution in [2.24, 2.45) is 11.7 Å². The third kappa shape index (κ3) is 5.04. The second-order valence-electron chi connectivity index (χ2n) is 5.44. The van der Waals surface area contributed by atoms with E-state index in [1.165, 1.54) is 0 Å². The van der Waals surface area contributed by atoms with Crippen molar-refractivity contribution in [3.8, 4) is 0 Å². The van der Waals surface area contributed by atoms with Gasteiger partial charge in [-0.05, 0) is 26.8 Å². The summed E-state index contributed by atoms with van der Waals surface area (Å²) in [6, 6.07) is 0.251. The summed E-state index contributed by atoms with van der Waals surface area (Å²) in [5.41, 5.74) is 5.71. The molecule has 0 saturated carbocycles. The zero-order valence-electron chi connectivity index (χ0n) is 11.5. The third-order valence-corrected chi connectivity index (χ3v) is 3.53. The van der Waals surface area contributed by atoms with Crippen LogP contribution in [-0.2, 0) is 4.79 Å². The number of carbonyl (C=O) groups is 1. The van der Waals surface area contributed by atoms with Crippen LogP contribution in [0.2, 0.25) is 0 Å². The van der Waals surface area contributed by atoms with Gasteiger partial charge in [-0.25, -0.2) is 0 Å². The van der Waals surface area contributed by atoms with E-state index in [1.54, 1.807) is 0 Å². The number of nitrogens with two attached hydrogens (primary N) is 1. The lowest BCUT2D eigenvalue weighted by atomic mass is 10.0. The summed E-state index contributed by atoms with van der Waals surface area (Å²) in [6.07, 6.45) is 3.03. The predicted molar refractivity (Wildman–Crippen MR) is 70.7 cm³/mol. The van der Waals surface area contributed by atoms with E-state index in [4.69, 9.17) is 5.73 Å². The molecule has 0 aromatic heterocycles. The van der Waals surface area contributed by atoms with Gasteiger partial charge in [-0.2, -0.15) is 0 Å². The van der Waals surface area contributed by atoms with Crippen molar-refractivity contribution in [2.45, 2.75) is 39.2 Å². The van der Waals surface area contributed by atoms with Crippen LogP contribution in [0.1, 0.15) is 33.1 Å². The lowest BCUT2D eigenvalue weighted by molar-refractivity contribution is -0.136. The van der Waals surface area contributed by atoms with Gasteiger partial charge < -0.3 is 15.5 Å². The molecule has 1 aliphatic rings. The Morgan fingerprint density at radius 1 is 1.18 bits per heavy atom. The smallest absolute Gasteiger partial charge is 0.225 e. The average molecular weight is 241 g/mol. The minimum atomic E-state index is 0.150. The van der Waals surface area contributed by atoms with Gasteiger partial charge in [0.1, 0.15) is 0 Å². The number of carbonyl (C=O) groups excluding carboxylic acids is 1. The molecule has 1 rings (SSSR count). The second-order valence-corrected chi connectivity index (χ2v) is 5.44. The lowest BCUT2D eigenvalue weighted by Crippen LogP contribution is -2.48. The maximum absolute atomic E-state index is 12.2. The Balaban J connectivity index is 2.26. The van der Waals surface area contributed by atoms with Crippen molar-refractivity contribution in [2.75, 3.05) is 33.2 Å².